The van der Waals surface area contributed by atoms with Crippen molar-refractivity contribution < 1.29 is 14.6 Å². The van der Waals surface area contributed by atoms with E-state index in [9.17, 15) is 4.79 Å². The monoisotopic (exact) mass is 251 g/mol. The Morgan fingerprint density at radius 1 is 1.50 bits per heavy atom. The van der Waals surface area contributed by atoms with Gasteiger partial charge >= 0.3 is 5.97 Å². The maximum Gasteiger partial charge on any atom is 0.358 e. The second-order valence-electron chi connectivity index (χ2n) is 4.10. The first-order chi connectivity index (χ1) is 8.77. The minimum absolute atomic E-state index is 0.0298. The average molecular weight is 251 g/mol. The van der Waals surface area contributed by atoms with Crippen LogP contribution in [0.1, 0.15) is 10.5 Å². The molecule has 0 saturated carbocycles. The molecule has 1 saturated heterocycles. The van der Waals surface area contributed by atoms with Gasteiger partial charge in [-0.3, -0.25) is 4.90 Å². The molecule has 2 heterocycles. The maximum atomic E-state index is 10.9. The standard InChI is InChI=1S/C12H17N3O3/c16-12(17)11-10(2-1-3-14-11)18-9-8-15-6-4-13-5-7-15/h1-3,13H,4-9H2,(H,16,17). The molecule has 0 aromatic carbocycles. The molecule has 0 amide bonds. The summed E-state index contributed by atoms with van der Waals surface area (Å²) >= 11 is 0. The third-order valence-electron chi connectivity index (χ3n) is 2.85. The zero-order valence-corrected chi connectivity index (χ0v) is 10.1. The number of carboxylic acid groups (broad SMARTS) is 1. The van der Waals surface area contributed by atoms with Crippen LogP contribution in [0.15, 0.2) is 18.3 Å². The van der Waals surface area contributed by atoms with Crippen LogP contribution in [0.3, 0.4) is 0 Å². The van der Waals surface area contributed by atoms with E-state index in [0.717, 1.165) is 32.7 Å². The number of ether oxygens (including phenoxy) is 1. The number of rotatable bonds is 5. The molecule has 1 aliphatic rings. The number of nitrogens with one attached hydrogen (secondary N) is 1. The molecule has 2 N–H and O–H groups in total. The minimum Gasteiger partial charge on any atom is -0.490 e. The Labute approximate surface area is 106 Å². The van der Waals surface area contributed by atoms with E-state index in [4.69, 9.17) is 9.84 Å². The van der Waals surface area contributed by atoms with Gasteiger partial charge in [-0.1, -0.05) is 0 Å². The van der Waals surface area contributed by atoms with Gasteiger partial charge in [0.25, 0.3) is 0 Å². The zero-order chi connectivity index (χ0) is 12.8. The van der Waals surface area contributed by atoms with Gasteiger partial charge in [-0.05, 0) is 12.1 Å². The largest absolute Gasteiger partial charge is 0.490 e. The first-order valence-electron chi connectivity index (χ1n) is 6.01. The third-order valence-corrected chi connectivity index (χ3v) is 2.85. The number of aromatic carboxylic acids is 1. The normalized spacial score (nSPS) is 16.4. The van der Waals surface area contributed by atoms with Gasteiger partial charge in [0.05, 0.1) is 0 Å². The van der Waals surface area contributed by atoms with Crippen LogP contribution in [0.25, 0.3) is 0 Å². The molecule has 0 unspecified atom stereocenters. The minimum atomic E-state index is -1.06. The summed E-state index contributed by atoms with van der Waals surface area (Å²) in [6.45, 7) is 5.27. The molecule has 2 rings (SSSR count). The summed E-state index contributed by atoms with van der Waals surface area (Å²) in [5, 5.41) is 12.2. The molecule has 1 aromatic rings. The number of hydrogen-bond donors (Lipinski definition) is 2. The summed E-state index contributed by atoms with van der Waals surface area (Å²) in [5.41, 5.74) is -0.0298. The topological polar surface area (TPSA) is 74.7 Å². The summed E-state index contributed by atoms with van der Waals surface area (Å²) in [7, 11) is 0. The van der Waals surface area contributed by atoms with Crippen LogP contribution in [0.2, 0.25) is 0 Å². The molecule has 0 radical (unpaired) electrons. The van der Waals surface area contributed by atoms with E-state index in [-0.39, 0.29) is 5.69 Å². The molecule has 0 aliphatic carbocycles. The zero-order valence-electron chi connectivity index (χ0n) is 10.1. The van der Waals surface area contributed by atoms with Crippen LogP contribution in [-0.4, -0.2) is 60.3 Å². The van der Waals surface area contributed by atoms with Crippen LogP contribution in [0.5, 0.6) is 5.75 Å². The van der Waals surface area contributed by atoms with Gasteiger partial charge < -0.3 is 15.2 Å². The predicted octanol–water partition coefficient (Wildman–Crippen LogP) is 0.0638. The fraction of sp³-hybridized carbons (Fsp3) is 0.500. The second kappa shape index (κ2) is 6.32. The molecule has 1 fully saturated rings. The number of aromatic nitrogens is 1. The molecule has 0 spiro atoms. The summed E-state index contributed by atoms with van der Waals surface area (Å²) in [6.07, 6.45) is 1.45. The van der Waals surface area contributed by atoms with Crippen molar-refractivity contribution in [3.63, 3.8) is 0 Å². The highest BCUT2D eigenvalue weighted by molar-refractivity contribution is 5.88. The summed E-state index contributed by atoms with van der Waals surface area (Å²) in [4.78, 5) is 17.0. The highest BCUT2D eigenvalue weighted by Crippen LogP contribution is 2.14. The van der Waals surface area contributed by atoms with Crippen molar-refractivity contribution in [1.29, 1.82) is 0 Å². The molecule has 0 atom stereocenters. The Bertz CT molecular complexity index is 405. The first kappa shape index (κ1) is 12.8. The Morgan fingerprint density at radius 2 is 2.28 bits per heavy atom. The van der Waals surface area contributed by atoms with Gasteiger partial charge in [-0.2, -0.15) is 0 Å². The highest BCUT2D eigenvalue weighted by atomic mass is 16.5. The van der Waals surface area contributed by atoms with Gasteiger partial charge in [0, 0.05) is 38.9 Å². The highest BCUT2D eigenvalue weighted by Gasteiger charge is 2.13. The lowest BCUT2D eigenvalue weighted by atomic mass is 10.3. The Balaban J connectivity index is 1.84. The number of carboxylic acids is 1. The second-order valence-corrected chi connectivity index (χ2v) is 4.10. The molecule has 6 nitrogen and oxygen atoms in total. The van der Waals surface area contributed by atoms with Gasteiger partial charge in [-0.25, -0.2) is 9.78 Å². The van der Waals surface area contributed by atoms with E-state index >= 15 is 0 Å². The summed E-state index contributed by atoms with van der Waals surface area (Å²) < 4.78 is 5.50. The Hall–Kier alpha value is -1.66. The Kier molecular flexibility index (Phi) is 4.49. The van der Waals surface area contributed by atoms with Crippen molar-refractivity contribution in [3.8, 4) is 5.75 Å². The van der Waals surface area contributed by atoms with Crippen molar-refractivity contribution in [2.45, 2.75) is 0 Å². The number of hydrogen-bond acceptors (Lipinski definition) is 5. The van der Waals surface area contributed by atoms with E-state index < -0.39 is 5.97 Å². The van der Waals surface area contributed by atoms with E-state index in [1.54, 1.807) is 12.1 Å². The number of pyridine rings is 1. The van der Waals surface area contributed by atoms with Crippen LogP contribution < -0.4 is 10.1 Å². The fourth-order valence-electron chi connectivity index (χ4n) is 1.89. The van der Waals surface area contributed by atoms with Crippen LogP contribution in [0.4, 0.5) is 0 Å². The maximum absolute atomic E-state index is 10.9. The van der Waals surface area contributed by atoms with Crippen LogP contribution in [-0.2, 0) is 0 Å². The predicted molar refractivity (Wildman–Crippen MR) is 66.0 cm³/mol. The van der Waals surface area contributed by atoms with Crippen LogP contribution in [0, 0.1) is 0 Å². The van der Waals surface area contributed by atoms with Crippen LogP contribution >= 0.6 is 0 Å². The van der Waals surface area contributed by atoms with Gasteiger partial charge in [-0.15, -0.1) is 0 Å². The van der Waals surface area contributed by atoms with Crippen molar-refractivity contribution in [2.75, 3.05) is 39.3 Å². The van der Waals surface area contributed by atoms with E-state index in [1.807, 2.05) is 0 Å². The average Bonchev–Trinajstić information content (AvgIpc) is 2.40. The van der Waals surface area contributed by atoms with Crippen molar-refractivity contribution in [2.24, 2.45) is 0 Å². The fourth-order valence-corrected chi connectivity index (χ4v) is 1.89. The number of nitrogens with zero attached hydrogens (tertiary/aromatic N) is 2. The van der Waals surface area contributed by atoms with E-state index in [1.165, 1.54) is 6.20 Å². The van der Waals surface area contributed by atoms with Crippen molar-refractivity contribution in [3.05, 3.63) is 24.0 Å². The lowest BCUT2D eigenvalue weighted by molar-refractivity contribution is 0.0684. The third kappa shape index (κ3) is 3.41. The quantitative estimate of drug-likeness (QED) is 0.771. The molecule has 98 valence electrons. The molecular weight excluding hydrogens is 234 g/mol. The summed E-state index contributed by atoms with van der Waals surface area (Å²) in [5.74, 6) is -0.729. The smallest absolute Gasteiger partial charge is 0.358 e. The molecule has 1 aromatic heterocycles. The van der Waals surface area contributed by atoms with Crippen molar-refractivity contribution in [1.82, 2.24) is 15.2 Å². The lowest BCUT2D eigenvalue weighted by Crippen LogP contribution is -2.44. The molecule has 1 aliphatic heterocycles. The summed E-state index contributed by atoms with van der Waals surface area (Å²) in [6, 6.07) is 3.31. The van der Waals surface area contributed by atoms with Gasteiger partial charge in [0.2, 0.25) is 0 Å². The van der Waals surface area contributed by atoms with Gasteiger partial charge in [0.1, 0.15) is 6.61 Å². The first-order valence-corrected chi connectivity index (χ1v) is 6.01. The van der Waals surface area contributed by atoms with Crippen molar-refractivity contribution >= 4 is 5.97 Å². The molecule has 0 bridgehead atoms. The SMILES string of the molecule is O=C(O)c1ncccc1OCCN1CCNCC1. The molecule has 18 heavy (non-hydrogen) atoms. The Morgan fingerprint density at radius 3 is 3.00 bits per heavy atom. The molecule has 6 heteroatoms. The lowest BCUT2D eigenvalue weighted by Gasteiger charge is -2.26. The number of piperazine rings is 1. The van der Waals surface area contributed by atoms with Gasteiger partial charge in [0.15, 0.2) is 11.4 Å². The molecular formula is C12H17N3O3. The van der Waals surface area contributed by atoms with E-state index in [0.29, 0.717) is 12.4 Å². The van der Waals surface area contributed by atoms with E-state index in [2.05, 4.69) is 15.2 Å². The number of carbonyl (C=O) groups is 1.